The molecule has 10 N–H and O–H groups in total. The third-order valence-electron chi connectivity index (χ3n) is 3.28. The van der Waals surface area contributed by atoms with Crippen LogP contribution >= 0.6 is 0 Å². The highest BCUT2D eigenvalue weighted by molar-refractivity contribution is 6.41. The van der Waals surface area contributed by atoms with Gasteiger partial charge in [0, 0.05) is 0 Å². The minimum atomic E-state index is -2.43. The van der Waals surface area contributed by atoms with Crippen LogP contribution in [0.25, 0.3) is 0 Å². The molecule has 136 valence electrons. The van der Waals surface area contributed by atoms with Gasteiger partial charge in [0.2, 0.25) is 11.6 Å². The summed E-state index contributed by atoms with van der Waals surface area (Å²) in [5.41, 5.74) is 5.25. The Hall–Kier alpha value is -1.02. The van der Waals surface area contributed by atoms with Gasteiger partial charge in [-0.3, -0.25) is 9.59 Å². The van der Waals surface area contributed by atoms with Crippen molar-refractivity contribution in [3.63, 3.8) is 0 Å². The molecular formula is C12H23NO10. The number of Topliss-reactive ketones (excluding diaryl/α,β-unsaturated/α-hetero) is 2. The van der Waals surface area contributed by atoms with Gasteiger partial charge in [-0.15, -0.1) is 0 Å². The number of hydrogen-bond donors (Lipinski definition) is 9. The van der Waals surface area contributed by atoms with E-state index in [0.29, 0.717) is 0 Å². The highest BCUT2D eigenvalue weighted by Gasteiger charge is 2.41. The molecule has 0 aliphatic rings. The molecule has 0 radical (unpaired) electrons. The van der Waals surface area contributed by atoms with Gasteiger partial charge in [-0.25, -0.2) is 0 Å². The molecule has 0 heterocycles. The summed E-state index contributed by atoms with van der Waals surface area (Å²) in [7, 11) is 0. The van der Waals surface area contributed by atoms with Gasteiger partial charge in [-0.1, -0.05) is 0 Å². The van der Waals surface area contributed by atoms with E-state index < -0.39 is 66.9 Å². The summed E-state index contributed by atoms with van der Waals surface area (Å²) in [4.78, 5) is 23.4. The molecule has 23 heavy (non-hydrogen) atoms. The maximum atomic E-state index is 11.7. The second-order valence-electron chi connectivity index (χ2n) is 5.15. The highest BCUT2D eigenvalue weighted by Crippen LogP contribution is 2.10. The second-order valence-corrected chi connectivity index (χ2v) is 5.15. The van der Waals surface area contributed by atoms with Gasteiger partial charge < -0.3 is 46.6 Å². The summed E-state index contributed by atoms with van der Waals surface area (Å²) < 4.78 is 0. The van der Waals surface area contributed by atoms with Crippen LogP contribution in [0.4, 0.5) is 0 Å². The van der Waals surface area contributed by atoms with Gasteiger partial charge in [0.15, 0.2) is 0 Å². The standard InChI is InChI=1S/C12H23NO10/c1-3(15)6(17)10(21)12(23)11(22)9(20)5(13)8(19)7(18)4(16)2-14/h3-8,10,12,14-19,21,23H,2,13H2,1H3/t3-,4-,5-,6-,7-,8-,10+,12-/m1/s1. The molecule has 0 spiro atoms. The fourth-order valence-electron chi connectivity index (χ4n) is 1.64. The van der Waals surface area contributed by atoms with Gasteiger partial charge in [-0.05, 0) is 6.92 Å². The lowest BCUT2D eigenvalue weighted by Crippen LogP contribution is -2.57. The Kier molecular flexibility index (Phi) is 8.90. The Labute approximate surface area is 131 Å². The molecule has 0 aromatic heterocycles. The minimum Gasteiger partial charge on any atom is -0.394 e. The largest absolute Gasteiger partial charge is 0.394 e. The Morgan fingerprint density at radius 2 is 1.30 bits per heavy atom. The summed E-state index contributed by atoms with van der Waals surface area (Å²) in [6.45, 7) is 0.115. The van der Waals surface area contributed by atoms with E-state index >= 15 is 0 Å². The smallest absolute Gasteiger partial charge is 0.231 e. The van der Waals surface area contributed by atoms with E-state index in [0.717, 1.165) is 6.92 Å². The SMILES string of the molecule is C[C@@H](O)[C@@H](O)[C@H](O)[C@@H](O)C(=O)C(=O)[C@H](N)[C@@H](O)[C@H](O)[C@H](O)CO. The Morgan fingerprint density at radius 3 is 1.70 bits per heavy atom. The summed E-state index contributed by atoms with van der Waals surface area (Å²) in [5, 5.41) is 74.1. The molecule has 0 amide bonds. The predicted octanol–water partition coefficient (Wildman–Crippen LogP) is -6.01. The van der Waals surface area contributed by atoms with Crippen molar-refractivity contribution in [3.8, 4) is 0 Å². The van der Waals surface area contributed by atoms with Crippen LogP contribution in [0.5, 0.6) is 0 Å². The van der Waals surface area contributed by atoms with E-state index in [9.17, 15) is 35.1 Å². The molecule has 0 aromatic rings. The second kappa shape index (κ2) is 9.32. The van der Waals surface area contributed by atoms with E-state index in [1.54, 1.807) is 0 Å². The predicted molar refractivity (Wildman–Crippen MR) is 72.8 cm³/mol. The monoisotopic (exact) mass is 341 g/mol. The zero-order valence-electron chi connectivity index (χ0n) is 12.3. The Bertz CT molecular complexity index is 403. The van der Waals surface area contributed by atoms with Crippen LogP contribution in [0.2, 0.25) is 0 Å². The first-order valence-electron chi connectivity index (χ1n) is 6.68. The summed E-state index contributed by atoms with van der Waals surface area (Å²) in [5.74, 6) is -3.26. The van der Waals surface area contributed by atoms with Crippen molar-refractivity contribution in [2.45, 2.75) is 55.7 Å². The van der Waals surface area contributed by atoms with E-state index in [-0.39, 0.29) is 0 Å². The molecule has 11 nitrogen and oxygen atoms in total. The highest BCUT2D eigenvalue weighted by atomic mass is 16.4. The molecular weight excluding hydrogens is 318 g/mol. The summed E-state index contributed by atoms with van der Waals surface area (Å²) >= 11 is 0. The van der Waals surface area contributed by atoms with Crippen LogP contribution in [0, 0.1) is 0 Å². The normalized spacial score (nSPS) is 22.3. The minimum absolute atomic E-state index is 0.949. The number of carbonyl (C=O) groups is 2. The Morgan fingerprint density at radius 1 is 0.826 bits per heavy atom. The zero-order chi connectivity index (χ0) is 18.5. The van der Waals surface area contributed by atoms with Crippen molar-refractivity contribution in [3.05, 3.63) is 0 Å². The van der Waals surface area contributed by atoms with Crippen LogP contribution < -0.4 is 5.73 Å². The molecule has 0 aliphatic carbocycles. The molecule has 0 bridgehead atoms. The number of ketones is 2. The lowest BCUT2D eigenvalue weighted by molar-refractivity contribution is -0.155. The molecule has 0 unspecified atom stereocenters. The third-order valence-corrected chi connectivity index (χ3v) is 3.28. The van der Waals surface area contributed by atoms with E-state index in [4.69, 9.17) is 21.1 Å². The van der Waals surface area contributed by atoms with Crippen LogP contribution in [0.3, 0.4) is 0 Å². The molecule has 0 aromatic carbocycles. The molecule has 0 aliphatic heterocycles. The number of carbonyl (C=O) groups excluding carboxylic acids is 2. The quantitative estimate of drug-likeness (QED) is 0.170. The van der Waals surface area contributed by atoms with Gasteiger partial charge in [0.05, 0.1) is 12.7 Å². The Balaban J connectivity index is 4.97. The van der Waals surface area contributed by atoms with E-state index in [2.05, 4.69) is 0 Å². The van der Waals surface area contributed by atoms with E-state index in [1.807, 2.05) is 0 Å². The van der Waals surface area contributed by atoms with Crippen LogP contribution in [0.15, 0.2) is 0 Å². The fraction of sp³-hybridized carbons (Fsp3) is 0.833. The van der Waals surface area contributed by atoms with Crippen molar-refractivity contribution in [1.82, 2.24) is 0 Å². The topological polar surface area (TPSA) is 222 Å². The molecule has 11 heteroatoms. The van der Waals surface area contributed by atoms with Crippen LogP contribution in [-0.4, -0.2) is 108 Å². The van der Waals surface area contributed by atoms with Crippen molar-refractivity contribution in [1.29, 1.82) is 0 Å². The number of aliphatic hydroxyl groups excluding tert-OH is 8. The average Bonchev–Trinajstić information content (AvgIpc) is 2.55. The summed E-state index contributed by atoms with van der Waals surface area (Å²) in [6.07, 6.45) is -14.1. The number of hydrogen-bond acceptors (Lipinski definition) is 11. The number of nitrogens with two attached hydrogens (primary N) is 1. The van der Waals surface area contributed by atoms with Crippen molar-refractivity contribution >= 4 is 11.6 Å². The van der Waals surface area contributed by atoms with Gasteiger partial charge >= 0.3 is 0 Å². The van der Waals surface area contributed by atoms with Crippen molar-refractivity contribution < 1.29 is 50.4 Å². The molecule has 0 saturated heterocycles. The maximum Gasteiger partial charge on any atom is 0.231 e. The molecule has 0 saturated carbocycles. The first-order valence-corrected chi connectivity index (χ1v) is 6.68. The first kappa shape index (κ1) is 22.0. The zero-order valence-corrected chi connectivity index (χ0v) is 12.3. The van der Waals surface area contributed by atoms with Crippen molar-refractivity contribution in [2.75, 3.05) is 6.61 Å². The first-order chi connectivity index (χ1) is 10.5. The molecule has 8 atom stereocenters. The van der Waals surface area contributed by atoms with Crippen LogP contribution in [0.1, 0.15) is 6.92 Å². The van der Waals surface area contributed by atoms with Crippen LogP contribution in [-0.2, 0) is 9.59 Å². The lowest BCUT2D eigenvalue weighted by atomic mass is 9.92. The summed E-state index contributed by atoms with van der Waals surface area (Å²) in [6, 6.07) is -2.07. The van der Waals surface area contributed by atoms with Gasteiger partial charge in [0.25, 0.3) is 0 Å². The van der Waals surface area contributed by atoms with Gasteiger partial charge in [0.1, 0.15) is 42.7 Å². The lowest BCUT2D eigenvalue weighted by Gasteiger charge is -2.27. The number of aliphatic hydroxyl groups is 8. The van der Waals surface area contributed by atoms with Gasteiger partial charge in [-0.2, -0.15) is 0 Å². The molecule has 0 rings (SSSR count). The fourth-order valence-corrected chi connectivity index (χ4v) is 1.64. The molecule has 0 fully saturated rings. The third kappa shape index (κ3) is 5.53. The average molecular weight is 341 g/mol. The van der Waals surface area contributed by atoms with E-state index in [1.165, 1.54) is 0 Å². The number of rotatable bonds is 10. The van der Waals surface area contributed by atoms with Crippen molar-refractivity contribution in [2.24, 2.45) is 5.73 Å². The maximum absolute atomic E-state index is 11.7.